The number of ketones is 3. The second kappa shape index (κ2) is 14.4. The average Bonchev–Trinajstić information content (AvgIpc) is 2.70. The van der Waals surface area contributed by atoms with Crippen molar-refractivity contribution in [3.63, 3.8) is 0 Å². The van der Waals surface area contributed by atoms with Gasteiger partial charge in [-0.15, -0.1) is 0 Å². The van der Waals surface area contributed by atoms with Crippen LogP contribution in [-0.4, -0.2) is 17.3 Å². The molecular weight excluding hydrogens is 396 g/mol. The first-order valence-corrected chi connectivity index (χ1v) is 12.9. The van der Waals surface area contributed by atoms with E-state index in [1.54, 1.807) is 0 Å². The molecule has 3 atom stereocenters. The Hall–Kier alpha value is -1.77. The predicted molar refractivity (Wildman–Crippen MR) is 134 cm³/mol. The van der Waals surface area contributed by atoms with Crippen LogP contribution in [0.1, 0.15) is 120 Å². The molecule has 1 aliphatic carbocycles. The summed E-state index contributed by atoms with van der Waals surface area (Å²) in [5, 5.41) is 0. The minimum atomic E-state index is -0.0657. The Morgan fingerprint density at radius 1 is 1.03 bits per heavy atom. The van der Waals surface area contributed by atoms with Gasteiger partial charge in [0, 0.05) is 17.9 Å². The lowest BCUT2D eigenvalue weighted by molar-refractivity contribution is -0.129. The predicted octanol–water partition coefficient (Wildman–Crippen LogP) is 7.49. The summed E-state index contributed by atoms with van der Waals surface area (Å²) in [7, 11) is 0. The molecule has 0 spiro atoms. The van der Waals surface area contributed by atoms with Crippen molar-refractivity contribution in [1.29, 1.82) is 0 Å². The Bertz CT molecular complexity index is 762. The van der Waals surface area contributed by atoms with Crippen LogP contribution >= 0.6 is 0 Å². The van der Waals surface area contributed by atoms with Crippen molar-refractivity contribution in [2.75, 3.05) is 0 Å². The highest BCUT2D eigenvalue weighted by Crippen LogP contribution is 2.37. The zero-order valence-corrected chi connectivity index (χ0v) is 21.7. The molecule has 0 aromatic heterocycles. The van der Waals surface area contributed by atoms with Crippen molar-refractivity contribution in [2.24, 2.45) is 17.8 Å². The molecule has 32 heavy (non-hydrogen) atoms. The van der Waals surface area contributed by atoms with Crippen LogP contribution in [0.2, 0.25) is 0 Å². The van der Waals surface area contributed by atoms with E-state index in [1.807, 2.05) is 6.92 Å². The Labute approximate surface area is 196 Å². The Morgan fingerprint density at radius 3 is 2.22 bits per heavy atom. The fourth-order valence-corrected chi connectivity index (χ4v) is 5.31. The van der Waals surface area contributed by atoms with Gasteiger partial charge in [-0.05, 0) is 68.1 Å². The molecule has 3 heteroatoms. The SMILES string of the molecule is CCC.CCCc1ccc2c(c1C)C(=O)CC(CC(CCC)C(CC)C(=O)CC(C)=O)C2. The maximum Gasteiger partial charge on any atom is 0.163 e. The quantitative estimate of drug-likeness (QED) is 0.334. The van der Waals surface area contributed by atoms with E-state index in [1.165, 1.54) is 30.0 Å². The standard InChI is InChI=1S/C26H38O3.C3H8/c1-6-9-20-11-12-22-15-19(16-25(29)26(22)18(20)5)14-21(10-7-2)23(8-3)24(28)13-17(4)27;1-3-2/h11-12,19,21,23H,6-10,13-16H2,1-5H3;3H2,1-2H3. The van der Waals surface area contributed by atoms with Gasteiger partial charge in [0.25, 0.3) is 0 Å². The van der Waals surface area contributed by atoms with Crippen LogP contribution in [0, 0.1) is 24.7 Å². The van der Waals surface area contributed by atoms with Crippen LogP contribution in [0.15, 0.2) is 12.1 Å². The molecule has 0 heterocycles. The first-order chi connectivity index (χ1) is 15.2. The van der Waals surface area contributed by atoms with Gasteiger partial charge in [0.2, 0.25) is 0 Å². The highest BCUT2D eigenvalue weighted by atomic mass is 16.1. The fraction of sp³-hybridized carbons (Fsp3) is 0.690. The lowest BCUT2D eigenvalue weighted by atomic mass is 9.72. The monoisotopic (exact) mass is 442 g/mol. The summed E-state index contributed by atoms with van der Waals surface area (Å²) >= 11 is 0. The van der Waals surface area contributed by atoms with E-state index in [4.69, 9.17) is 0 Å². The van der Waals surface area contributed by atoms with Crippen molar-refractivity contribution in [3.8, 4) is 0 Å². The van der Waals surface area contributed by atoms with Gasteiger partial charge in [0.15, 0.2) is 5.78 Å². The molecular formula is C29H46O3. The number of hydrogen-bond donors (Lipinski definition) is 0. The third-order valence-corrected chi connectivity index (χ3v) is 6.59. The molecule has 0 saturated heterocycles. The summed E-state index contributed by atoms with van der Waals surface area (Å²) in [5.41, 5.74) is 4.60. The summed E-state index contributed by atoms with van der Waals surface area (Å²) < 4.78 is 0. The number of carbonyl (C=O) groups is 3. The second-order valence-corrected chi connectivity index (χ2v) is 9.68. The molecule has 0 radical (unpaired) electrons. The number of fused-ring (bicyclic) bond motifs is 1. The van der Waals surface area contributed by atoms with Gasteiger partial charge in [-0.3, -0.25) is 14.4 Å². The van der Waals surface area contributed by atoms with E-state index in [0.717, 1.165) is 50.5 Å². The number of benzene rings is 1. The van der Waals surface area contributed by atoms with E-state index < -0.39 is 0 Å². The fourth-order valence-electron chi connectivity index (χ4n) is 5.31. The van der Waals surface area contributed by atoms with Crippen molar-refractivity contribution >= 4 is 17.3 Å². The molecule has 3 unspecified atom stereocenters. The highest BCUT2D eigenvalue weighted by Gasteiger charge is 2.33. The first-order valence-electron chi connectivity index (χ1n) is 12.9. The molecule has 0 amide bonds. The highest BCUT2D eigenvalue weighted by molar-refractivity contribution is 6.00. The number of aryl methyl sites for hydroxylation is 1. The molecule has 3 nitrogen and oxygen atoms in total. The van der Waals surface area contributed by atoms with Gasteiger partial charge in [-0.1, -0.05) is 72.4 Å². The molecule has 0 N–H and O–H groups in total. The summed E-state index contributed by atoms with van der Waals surface area (Å²) in [6.45, 7) is 14.2. The zero-order valence-electron chi connectivity index (χ0n) is 21.7. The number of rotatable bonds is 11. The summed E-state index contributed by atoms with van der Waals surface area (Å²) in [4.78, 5) is 37.1. The molecule has 2 rings (SSSR count). The lowest BCUT2D eigenvalue weighted by Crippen LogP contribution is -2.30. The molecule has 0 aliphatic heterocycles. The van der Waals surface area contributed by atoms with E-state index in [2.05, 4.69) is 46.8 Å². The molecule has 180 valence electrons. The molecule has 0 fully saturated rings. The first kappa shape index (κ1) is 28.3. The van der Waals surface area contributed by atoms with Crippen LogP contribution in [0.3, 0.4) is 0 Å². The van der Waals surface area contributed by atoms with Gasteiger partial charge in [-0.2, -0.15) is 0 Å². The molecule has 0 saturated carbocycles. The molecule has 0 bridgehead atoms. The molecule has 1 aromatic rings. The largest absolute Gasteiger partial charge is 0.300 e. The smallest absolute Gasteiger partial charge is 0.163 e. The maximum absolute atomic E-state index is 13.0. The van der Waals surface area contributed by atoms with Crippen LogP contribution < -0.4 is 0 Å². The van der Waals surface area contributed by atoms with E-state index >= 15 is 0 Å². The minimum absolute atomic E-state index is 0.0462. The lowest BCUT2D eigenvalue weighted by Gasteiger charge is -2.32. The summed E-state index contributed by atoms with van der Waals surface area (Å²) in [5.74, 6) is 0.790. The number of hydrogen-bond acceptors (Lipinski definition) is 3. The van der Waals surface area contributed by atoms with Crippen LogP contribution in [0.25, 0.3) is 0 Å². The van der Waals surface area contributed by atoms with Crippen molar-refractivity contribution in [1.82, 2.24) is 0 Å². The van der Waals surface area contributed by atoms with Gasteiger partial charge in [-0.25, -0.2) is 0 Å². The van der Waals surface area contributed by atoms with Gasteiger partial charge in [0.05, 0.1) is 6.42 Å². The molecule has 1 aliphatic rings. The van der Waals surface area contributed by atoms with Crippen LogP contribution in [0.5, 0.6) is 0 Å². The summed E-state index contributed by atoms with van der Waals surface area (Å²) in [6.07, 6.45) is 8.58. The molecule has 1 aromatic carbocycles. The van der Waals surface area contributed by atoms with Crippen molar-refractivity contribution in [3.05, 3.63) is 34.4 Å². The number of carbonyl (C=O) groups excluding carboxylic acids is 3. The van der Waals surface area contributed by atoms with Crippen molar-refractivity contribution < 1.29 is 14.4 Å². The maximum atomic E-state index is 13.0. The third-order valence-electron chi connectivity index (χ3n) is 6.59. The van der Waals surface area contributed by atoms with Gasteiger partial charge >= 0.3 is 0 Å². The normalized spacial score (nSPS) is 17.1. The van der Waals surface area contributed by atoms with E-state index in [9.17, 15) is 14.4 Å². The Morgan fingerprint density at radius 2 is 1.69 bits per heavy atom. The Balaban J connectivity index is 0.00000161. The number of Topliss-reactive ketones (excluding diaryl/α,β-unsaturated/α-hetero) is 3. The van der Waals surface area contributed by atoms with E-state index in [0.29, 0.717) is 12.3 Å². The van der Waals surface area contributed by atoms with Crippen LogP contribution in [0.4, 0.5) is 0 Å². The Kier molecular flexibility index (Phi) is 12.7. The van der Waals surface area contributed by atoms with Gasteiger partial charge in [0.1, 0.15) is 11.6 Å². The van der Waals surface area contributed by atoms with Crippen LogP contribution in [-0.2, 0) is 22.4 Å². The minimum Gasteiger partial charge on any atom is -0.300 e. The average molecular weight is 443 g/mol. The third kappa shape index (κ3) is 7.98. The zero-order chi connectivity index (χ0) is 24.3. The summed E-state index contributed by atoms with van der Waals surface area (Å²) in [6, 6.07) is 4.35. The van der Waals surface area contributed by atoms with Gasteiger partial charge < -0.3 is 0 Å². The van der Waals surface area contributed by atoms with Crippen molar-refractivity contribution in [2.45, 2.75) is 113 Å². The topological polar surface area (TPSA) is 51.2 Å². The second-order valence-electron chi connectivity index (χ2n) is 9.68. The van der Waals surface area contributed by atoms with E-state index in [-0.39, 0.29) is 35.6 Å².